The Balaban J connectivity index is 2.38. The molecule has 0 fully saturated rings. The molecular formula is C9H10ClNO. The third kappa shape index (κ3) is 3.01. The zero-order valence-corrected chi connectivity index (χ0v) is 7.37. The molecule has 12 heavy (non-hydrogen) atoms. The molecule has 0 saturated carbocycles. The van der Waals surface area contributed by atoms with Crippen LogP contribution in [0.2, 0.25) is 0 Å². The maximum atomic E-state index is 9.94. The second-order valence-corrected chi connectivity index (χ2v) is 3.07. The molecule has 0 bridgehead atoms. The molecule has 0 heterocycles. The topological polar surface area (TPSA) is 29.4 Å². The molecule has 3 heteroatoms. The predicted octanol–water partition coefficient (Wildman–Crippen LogP) is 2.95. The Morgan fingerprint density at radius 1 is 1.33 bits per heavy atom. The lowest BCUT2D eigenvalue weighted by atomic mass is 10.1. The molecule has 0 spiro atoms. The highest BCUT2D eigenvalue weighted by atomic mass is 35.5. The number of alkyl halides is 1. The number of nitroso groups, excluding NO2 is 1. The number of rotatable bonds is 4. The molecule has 0 aliphatic carbocycles. The zero-order valence-electron chi connectivity index (χ0n) is 6.61. The Morgan fingerprint density at radius 3 is 2.58 bits per heavy atom. The molecule has 0 saturated heterocycles. The van der Waals surface area contributed by atoms with Crippen molar-refractivity contribution < 1.29 is 0 Å². The maximum Gasteiger partial charge on any atom is 0.165 e. The molecule has 0 aliphatic heterocycles. The number of hydrogen-bond acceptors (Lipinski definition) is 2. The summed E-state index contributed by atoms with van der Waals surface area (Å²) in [6.07, 6.45) is 1.41. The molecule has 1 aromatic carbocycles. The normalized spacial score (nSPS) is 12.4. The van der Waals surface area contributed by atoms with Crippen molar-refractivity contribution in [1.29, 1.82) is 0 Å². The first-order valence-corrected chi connectivity index (χ1v) is 4.27. The van der Waals surface area contributed by atoms with Gasteiger partial charge in [-0.15, -0.1) is 4.91 Å². The third-order valence-electron chi connectivity index (χ3n) is 1.63. The molecule has 1 rings (SSSR count). The molecule has 0 N–H and O–H groups in total. The van der Waals surface area contributed by atoms with Crippen LogP contribution in [0.1, 0.15) is 12.0 Å². The van der Waals surface area contributed by atoms with Gasteiger partial charge in [-0.2, -0.15) is 0 Å². The van der Waals surface area contributed by atoms with Gasteiger partial charge in [-0.1, -0.05) is 47.1 Å². The van der Waals surface area contributed by atoms with Gasteiger partial charge in [0.05, 0.1) is 0 Å². The molecule has 0 aliphatic rings. The first kappa shape index (κ1) is 9.20. The van der Waals surface area contributed by atoms with E-state index in [0.29, 0.717) is 6.42 Å². The van der Waals surface area contributed by atoms with Gasteiger partial charge in [0.15, 0.2) is 5.50 Å². The zero-order chi connectivity index (χ0) is 8.81. The summed E-state index contributed by atoms with van der Waals surface area (Å²) in [5.74, 6) is 0. The van der Waals surface area contributed by atoms with Gasteiger partial charge in [-0.25, -0.2) is 0 Å². The lowest BCUT2D eigenvalue weighted by Gasteiger charge is -2.00. The standard InChI is InChI=1S/C9H10ClNO/c10-9(11-12)7-6-8-4-2-1-3-5-8/h1-5,9H,6-7H2. The van der Waals surface area contributed by atoms with Crippen molar-refractivity contribution in [3.05, 3.63) is 40.8 Å². The van der Waals surface area contributed by atoms with E-state index in [1.807, 2.05) is 30.3 Å². The van der Waals surface area contributed by atoms with Gasteiger partial charge >= 0.3 is 0 Å². The van der Waals surface area contributed by atoms with Crippen LogP contribution in [0.3, 0.4) is 0 Å². The van der Waals surface area contributed by atoms with E-state index in [9.17, 15) is 4.91 Å². The fourth-order valence-corrected chi connectivity index (χ4v) is 1.09. The van der Waals surface area contributed by atoms with Gasteiger partial charge in [0.1, 0.15) is 0 Å². The highest BCUT2D eigenvalue weighted by molar-refractivity contribution is 6.20. The molecule has 0 aromatic heterocycles. The van der Waals surface area contributed by atoms with Crippen LogP contribution in [0, 0.1) is 4.91 Å². The monoisotopic (exact) mass is 183 g/mol. The lowest BCUT2D eigenvalue weighted by Crippen LogP contribution is -1.95. The van der Waals surface area contributed by atoms with Crippen LogP contribution in [0.15, 0.2) is 35.5 Å². The van der Waals surface area contributed by atoms with E-state index in [0.717, 1.165) is 6.42 Å². The molecule has 1 aromatic rings. The number of nitrogens with zero attached hydrogens (tertiary/aromatic N) is 1. The van der Waals surface area contributed by atoms with Crippen molar-refractivity contribution in [2.75, 3.05) is 0 Å². The van der Waals surface area contributed by atoms with Crippen molar-refractivity contribution in [3.8, 4) is 0 Å². The summed E-state index contributed by atoms with van der Waals surface area (Å²) in [5.41, 5.74) is 0.594. The minimum atomic E-state index is -0.592. The first-order valence-electron chi connectivity index (χ1n) is 3.83. The largest absolute Gasteiger partial charge is 0.165 e. The number of halogens is 1. The fourth-order valence-electron chi connectivity index (χ4n) is 0.983. The second-order valence-electron chi connectivity index (χ2n) is 2.56. The quantitative estimate of drug-likeness (QED) is 0.401. The van der Waals surface area contributed by atoms with Crippen molar-refractivity contribution in [2.45, 2.75) is 18.3 Å². The van der Waals surface area contributed by atoms with E-state index in [-0.39, 0.29) is 0 Å². The van der Waals surface area contributed by atoms with Crippen LogP contribution in [-0.2, 0) is 6.42 Å². The summed E-state index contributed by atoms with van der Waals surface area (Å²) in [6, 6.07) is 9.91. The average molecular weight is 184 g/mol. The maximum absolute atomic E-state index is 9.94. The summed E-state index contributed by atoms with van der Waals surface area (Å²) in [4.78, 5) is 9.94. The van der Waals surface area contributed by atoms with Crippen molar-refractivity contribution in [3.63, 3.8) is 0 Å². The first-order chi connectivity index (χ1) is 5.83. The summed E-state index contributed by atoms with van der Waals surface area (Å²) in [5, 5.41) is 2.72. The van der Waals surface area contributed by atoms with Gasteiger partial charge in [-0.05, 0) is 18.4 Å². The van der Waals surface area contributed by atoms with Crippen LogP contribution >= 0.6 is 11.6 Å². The van der Waals surface area contributed by atoms with E-state index in [2.05, 4.69) is 5.18 Å². The van der Waals surface area contributed by atoms with E-state index < -0.39 is 5.50 Å². The van der Waals surface area contributed by atoms with Crippen LogP contribution in [-0.4, -0.2) is 5.50 Å². The van der Waals surface area contributed by atoms with Crippen molar-refractivity contribution in [1.82, 2.24) is 0 Å². The highest BCUT2D eigenvalue weighted by Crippen LogP contribution is 2.09. The Hall–Kier alpha value is -0.890. The van der Waals surface area contributed by atoms with E-state index in [1.165, 1.54) is 5.56 Å². The molecule has 1 unspecified atom stereocenters. The van der Waals surface area contributed by atoms with Gasteiger partial charge in [0.2, 0.25) is 0 Å². The molecule has 0 radical (unpaired) electrons. The van der Waals surface area contributed by atoms with E-state index in [4.69, 9.17) is 11.6 Å². The highest BCUT2D eigenvalue weighted by Gasteiger charge is 2.02. The average Bonchev–Trinajstić information content (AvgIpc) is 2.16. The lowest BCUT2D eigenvalue weighted by molar-refractivity contribution is 0.774. The van der Waals surface area contributed by atoms with E-state index in [1.54, 1.807) is 0 Å². The number of benzene rings is 1. The SMILES string of the molecule is O=NC(Cl)CCc1ccccc1. The van der Waals surface area contributed by atoms with Gasteiger partial charge in [0.25, 0.3) is 0 Å². The van der Waals surface area contributed by atoms with Crippen molar-refractivity contribution in [2.24, 2.45) is 5.18 Å². The van der Waals surface area contributed by atoms with Gasteiger partial charge in [0, 0.05) is 0 Å². The molecule has 0 amide bonds. The van der Waals surface area contributed by atoms with E-state index >= 15 is 0 Å². The summed E-state index contributed by atoms with van der Waals surface area (Å²) < 4.78 is 0. The summed E-state index contributed by atoms with van der Waals surface area (Å²) in [7, 11) is 0. The smallest absolute Gasteiger partial charge is 0.149 e. The Bertz CT molecular complexity index is 238. The van der Waals surface area contributed by atoms with Crippen molar-refractivity contribution >= 4 is 11.6 Å². The van der Waals surface area contributed by atoms with Crippen LogP contribution in [0.5, 0.6) is 0 Å². The fraction of sp³-hybridized carbons (Fsp3) is 0.333. The van der Waals surface area contributed by atoms with Crippen LogP contribution in [0.4, 0.5) is 0 Å². The number of hydrogen-bond donors (Lipinski definition) is 0. The second kappa shape index (κ2) is 4.88. The molecule has 1 atom stereocenters. The van der Waals surface area contributed by atoms with Crippen LogP contribution in [0.25, 0.3) is 0 Å². The molecule has 2 nitrogen and oxygen atoms in total. The Labute approximate surface area is 76.5 Å². The van der Waals surface area contributed by atoms with Gasteiger partial charge in [-0.3, -0.25) is 0 Å². The summed E-state index contributed by atoms with van der Waals surface area (Å²) >= 11 is 5.54. The minimum absolute atomic E-state index is 0.592. The summed E-state index contributed by atoms with van der Waals surface area (Å²) in [6.45, 7) is 0. The minimum Gasteiger partial charge on any atom is -0.149 e. The number of aryl methyl sites for hydroxylation is 1. The molecular weight excluding hydrogens is 174 g/mol. The van der Waals surface area contributed by atoms with Crippen LogP contribution < -0.4 is 0 Å². The third-order valence-corrected chi connectivity index (χ3v) is 1.93. The molecule has 64 valence electrons. The predicted molar refractivity (Wildman–Crippen MR) is 50.2 cm³/mol. The Kier molecular flexibility index (Phi) is 3.74. The Morgan fingerprint density at radius 2 is 2.00 bits per heavy atom. The van der Waals surface area contributed by atoms with Gasteiger partial charge < -0.3 is 0 Å².